The highest BCUT2D eigenvalue weighted by atomic mass is 19.3. The van der Waals surface area contributed by atoms with Crippen molar-refractivity contribution < 1.29 is 32.3 Å². The minimum atomic E-state index is -4.31. The second kappa shape index (κ2) is 6.95. The van der Waals surface area contributed by atoms with Crippen molar-refractivity contribution in [2.75, 3.05) is 13.1 Å². The van der Waals surface area contributed by atoms with Crippen LogP contribution in [0.2, 0.25) is 0 Å². The normalized spacial score (nSPS) is 18.3. The first-order valence-corrected chi connectivity index (χ1v) is 6.61. The highest BCUT2D eigenvalue weighted by Gasteiger charge is 2.42. The Hall–Kier alpha value is -1.54. The Morgan fingerprint density at radius 3 is 2.19 bits per heavy atom. The van der Waals surface area contributed by atoms with Gasteiger partial charge in [-0.15, -0.1) is 0 Å². The maximum absolute atomic E-state index is 12.6. The number of halogens is 4. The molecule has 0 atom stereocenters. The monoisotopic (exact) mass is 314 g/mol. The van der Waals surface area contributed by atoms with E-state index in [-0.39, 0.29) is 6.54 Å². The SMILES string of the molecule is O=C(NCC1(C(=O)O)CCCCC1)NCC(F)(F)C(F)F. The van der Waals surface area contributed by atoms with E-state index in [1.807, 2.05) is 0 Å². The van der Waals surface area contributed by atoms with Gasteiger partial charge in [-0.2, -0.15) is 8.78 Å². The van der Waals surface area contributed by atoms with Gasteiger partial charge in [-0.3, -0.25) is 4.79 Å². The Bertz CT molecular complexity index is 385. The van der Waals surface area contributed by atoms with Crippen molar-refractivity contribution in [1.82, 2.24) is 10.6 Å². The average Bonchev–Trinajstić information content (AvgIpc) is 2.43. The minimum absolute atomic E-state index is 0.214. The Morgan fingerprint density at radius 1 is 1.14 bits per heavy atom. The number of urea groups is 1. The molecule has 1 aliphatic carbocycles. The molecule has 0 aromatic heterocycles. The Kier molecular flexibility index (Phi) is 5.79. The molecule has 0 aromatic carbocycles. The zero-order chi connectivity index (χ0) is 16.1. The van der Waals surface area contributed by atoms with E-state index >= 15 is 0 Å². The molecule has 0 spiro atoms. The standard InChI is InChI=1S/C12H18F4N2O3/c13-8(14)12(15,16)7-18-10(21)17-6-11(9(19)20)4-2-1-3-5-11/h8H,1-7H2,(H,19,20)(H2,17,18,21). The zero-order valence-electron chi connectivity index (χ0n) is 11.3. The number of carboxylic acid groups (broad SMARTS) is 1. The summed E-state index contributed by atoms with van der Waals surface area (Å²) in [5.74, 6) is -5.37. The topological polar surface area (TPSA) is 78.4 Å². The number of aliphatic carboxylic acids is 1. The van der Waals surface area contributed by atoms with Gasteiger partial charge in [-0.05, 0) is 12.8 Å². The third kappa shape index (κ3) is 4.75. The maximum atomic E-state index is 12.6. The predicted octanol–water partition coefficient (Wildman–Crippen LogP) is 2.22. The average molecular weight is 314 g/mol. The van der Waals surface area contributed by atoms with Crippen LogP contribution >= 0.6 is 0 Å². The van der Waals surface area contributed by atoms with E-state index in [0.29, 0.717) is 25.7 Å². The maximum Gasteiger partial charge on any atom is 0.324 e. The Labute approximate surface area is 119 Å². The molecular weight excluding hydrogens is 296 g/mol. The molecule has 122 valence electrons. The first kappa shape index (κ1) is 17.5. The van der Waals surface area contributed by atoms with E-state index in [9.17, 15) is 32.3 Å². The van der Waals surface area contributed by atoms with Gasteiger partial charge < -0.3 is 15.7 Å². The second-order valence-electron chi connectivity index (χ2n) is 5.24. The van der Waals surface area contributed by atoms with Gasteiger partial charge in [0.1, 0.15) is 0 Å². The van der Waals surface area contributed by atoms with Crippen LogP contribution in [0, 0.1) is 5.41 Å². The number of hydrogen-bond acceptors (Lipinski definition) is 2. The largest absolute Gasteiger partial charge is 0.481 e. The number of nitrogens with one attached hydrogen (secondary N) is 2. The first-order chi connectivity index (χ1) is 9.69. The number of rotatable bonds is 6. The molecule has 3 N–H and O–H groups in total. The second-order valence-corrected chi connectivity index (χ2v) is 5.24. The van der Waals surface area contributed by atoms with Crippen molar-refractivity contribution in [2.24, 2.45) is 5.41 Å². The van der Waals surface area contributed by atoms with Crippen LogP contribution in [0.4, 0.5) is 22.4 Å². The molecule has 0 aliphatic heterocycles. The summed E-state index contributed by atoms with van der Waals surface area (Å²) in [6.45, 7) is -1.72. The van der Waals surface area contributed by atoms with E-state index in [1.165, 1.54) is 0 Å². The van der Waals surface area contributed by atoms with Crippen LogP contribution in [0.1, 0.15) is 32.1 Å². The molecule has 5 nitrogen and oxygen atoms in total. The summed E-state index contributed by atoms with van der Waals surface area (Å²) in [6.07, 6.45) is -0.785. The van der Waals surface area contributed by atoms with Crippen LogP contribution < -0.4 is 10.6 Å². The van der Waals surface area contributed by atoms with Crippen molar-refractivity contribution in [3.63, 3.8) is 0 Å². The number of carbonyl (C=O) groups excluding carboxylic acids is 1. The van der Waals surface area contributed by atoms with Gasteiger partial charge in [0.25, 0.3) is 0 Å². The van der Waals surface area contributed by atoms with Gasteiger partial charge in [-0.25, -0.2) is 13.6 Å². The van der Waals surface area contributed by atoms with Crippen molar-refractivity contribution in [1.29, 1.82) is 0 Å². The summed E-state index contributed by atoms with van der Waals surface area (Å²) < 4.78 is 49.1. The molecule has 9 heteroatoms. The molecule has 1 saturated carbocycles. The fraction of sp³-hybridized carbons (Fsp3) is 0.833. The zero-order valence-corrected chi connectivity index (χ0v) is 11.3. The molecule has 21 heavy (non-hydrogen) atoms. The molecule has 1 aliphatic rings. The van der Waals surface area contributed by atoms with Crippen molar-refractivity contribution >= 4 is 12.0 Å². The molecule has 1 rings (SSSR count). The molecule has 0 saturated heterocycles. The number of hydrogen-bond donors (Lipinski definition) is 3. The highest BCUT2D eigenvalue weighted by Crippen LogP contribution is 2.35. The van der Waals surface area contributed by atoms with E-state index in [2.05, 4.69) is 5.32 Å². The van der Waals surface area contributed by atoms with Gasteiger partial charge in [-0.1, -0.05) is 19.3 Å². The predicted molar refractivity (Wildman–Crippen MR) is 65.5 cm³/mol. The lowest BCUT2D eigenvalue weighted by molar-refractivity contribution is -0.150. The number of amides is 2. The lowest BCUT2D eigenvalue weighted by Crippen LogP contribution is -2.50. The smallest absolute Gasteiger partial charge is 0.324 e. The van der Waals surface area contributed by atoms with Crippen LogP contribution in [0.15, 0.2) is 0 Å². The van der Waals surface area contributed by atoms with Crippen molar-refractivity contribution in [3.05, 3.63) is 0 Å². The molecule has 0 aromatic rings. The minimum Gasteiger partial charge on any atom is -0.481 e. The van der Waals surface area contributed by atoms with Gasteiger partial charge in [0.05, 0.1) is 12.0 Å². The van der Waals surface area contributed by atoms with Gasteiger partial charge in [0, 0.05) is 6.54 Å². The van der Waals surface area contributed by atoms with E-state index in [4.69, 9.17) is 0 Å². The molecule has 0 radical (unpaired) electrons. The summed E-state index contributed by atoms with van der Waals surface area (Å²) >= 11 is 0. The van der Waals surface area contributed by atoms with Crippen LogP contribution in [0.25, 0.3) is 0 Å². The molecule has 1 fully saturated rings. The van der Waals surface area contributed by atoms with Gasteiger partial charge in [0.15, 0.2) is 0 Å². The number of carboxylic acids is 1. The fourth-order valence-corrected chi connectivity index (χ4v) is 2.28. The summed E-state index contributed by atoms with van der Waals surface area (Å²) in [4.78, 5) is 22.6. The van der Waals surface area contributed by atoms with Gasteiger partial charge >= 0.3 is 24.3 Å². The van der Waals surface area contributed by atoms with Crippen LogP contribution in [-0.2, 0) is 4.79 Å². The van der Waals surface area contributed by atoms with E-state index in [1.54, 1.807) is 5.32 Å². The summed E-state index contributed by atoms with van der Waals surface area (Å²) in [6, 6.07) is -1.08. The summed E-state index contributed by atoms with van der Waals surface area (Å²) in [7, 11) is 0. The van der Waals surface area contributed by atoms with E-state index < -0.39 is 36.3 Å². The molecule has 0 unspecified atom stereocenters. The molecule has 2 amide bonds. The van der Waals surface area contributed by atoms with Crippen molar-refractivity contribution in [2.45, 2.75) is 44.5 Å². The third-order valence-electron chi connectivity index (χ3n) is 3.66. The lowest BCUT2D eigenvalue weighted by atomic mass is 9.74. The summed E-state index contributed by atoms with van der Waals surface area (Å²) in [5.41, 5.74) is -1.11. The van der Waals surface area contributed by atoms with Crippen molar-refractivity contribution in [3.8, 4) is 0 Å². The first-order valence-electron chi connectivity index (χ1n) is 6.61. The third-order valence-corrected chi connectivity index (χ3v) is 3.66. The van der Waals surface area contributed by atoms with Crippen LogP contribution in [-0.4, -0.2) is 42.5 Å². The lowest BCUT2D eigenvalue weighted by Gasteiger charge is -2.33. The van der Waals surface area contributed by atoms with E-state index in [0.717, 1.165) is 6.42 Å². The fourth-order valence-electron chi connectivity index (χ4n) is 2.28. The highest BCUT2D eigenvalue weighted by molar-refractivity contribution is 5.78. The van der Waals surface area contributed by atoms with Crippen LogP contribution in [0.3, 0.4) is 0 Å². The Balaban J connectivity index is 2.46. The number of alkyl halides is 4. The molecule has 0 heterocycles. The molecular formula is C12H18F4N2O3. The molecule has 0 bridgehead atoms. The summed E-state index contributed by atoms with van der Waals surface area (Å²) in [5, 5.41) is 13.0. The van der Waals surface area contributed by atoms with Crippen LogP contribution in [0.5, 0.6) is 0 Å². The quantitative estimate of drug-likeness (QED) is 0.658. The Morgan fingerprint density at radius 2 is 1.71 bits per heavy atom. The number of carbonyl (C=O) groups is 2. The van der Waals surface area contributed by atoms with Gasteiger partial charge in [0.2, 0.25) is 0 Å².